The average Bonchev–Trinajstić information content (AvgIpc) is 2.81. The van der Waals surface area contributed by atoms with Gasteiger partial charge >= 0.3 is 5.97 Å². The zero-order valence-corrected chi connectivity index (χ0v) is 20.6. The topological polar surface area (TPSA) is 197 Å². The molecule has 0 aromatic heterocycles. The van der Waals surface area contributed by atoms with Crippen molar-refractivity contribution in [3.8, 4) is 5.75 Å². The molecule has 35 heavy (non-hydrogen) atoms. The molecule has 1 aromatic carbocycles. The number of aromatic hydroxyl groups is 1. The van der Waals surface area contributed by atoms with Crippen molar-refractivity contribution in [1.29, 1.82) is 0 Å². The maximum atomic E-state index is 13.2. The summed E-state index contributed by atoms with van der Waals surface area (Å²) >= 11 is 0. The highest BCUT2D eigenvalue weighted by atomic mass is 16.4. The van der Waals surface area contributed by atoms with Gasteiger partial charge in [-0.2, -0.15) is 0 Å². The molecule has 0 fully saturated rings. The largest absolute Gasteiger partial charge is 0.508 e. The maximum absolute atomic E-state index is 13.2. The second-order valence-corrected chi connectivity index (χ2v) is 8.78. The number of carbonyl (C=O) groups is 4. The van der Waals surface area contributed by atoms with Crippen molar-refractivity contribution in [2.24, 2.45) is 17.4 Å². The van der Waals surface area contributed by atoms with Crippen LogP contribution in [0.3, 0.4) is 0 Å². The third-order valence-electron chi connectivity index (χ3n) is 5.78. The fourth-order valence-electron chi connectivity index (χ4n) is 3.35. The number of rotatable bonds is 15. The van der Waals surface area contributed by atoms with E-state index in [0.29, 0.717) is 31.4 Å². The van der Waals surface area contributed by atoms with E-state index >= 15 is 0 Å². The summed E-state index contributed by atoms with van der Waals surface area (Å²) in [7, 11) is 0. The Morgan fingerprint density at radius 2 is 1.51 bits per heavy atom. The van der Waals surface area contributed by atoms with E-state index in [2.05, 4.69) is 16.0 Å². The van der Waals surface area contributed by atoms with Crippen molar-refractivity contribution >= 4 is 23.7 Å². The van der Waals surface area contributed by atoms with Gasteiger partial charge in [0.2, 0.25) is 17.7 Å². The Kier molecular flexibility index (Phi) is 12.7. The number of phenols is 1. The van der Waals surface area contributed by atoms with Crippen molar-refractivity contribution in [2.45, 2.75) is 77.0 Å². The Labute approximate surface area is 206 Å². The van der Waals surface area contributed by atoms with E-state index in [0.717, 1.165) is 0 Å². The van der Waals surface area contributed by atoms with Gasteiger partial charge in [-0.3, -0.25) is 14.4 Å². The van der Waals surface area contributed by atoms with Gasteiger partial charge in [0.15, 0.2) is 0 Å². The van der Waals surface area contributed by atoms with Gasteiger partial charge in [-0.25, -0.2) is 4.79 Å². The zero-order valence-electron chi connectivity index (χ0n) is 20.6. The van der Waals surface area contributed by atoms with Gasteiger partial charge in [-0.1, -0.05) is 32.4 Å². The molecular weight excluding hydrogens is 454 g/mol. The first-order chi connectivity index (χ1) is 16.5. The van der Waals surface area contributed by atoms with E-state index in [9.17, 15) is 29.4 Å². The number of hydrogen-bond donors (Lipinski definition) is 7. The first-order valence-corrected chi connectivity index (χ1v) is 11.9. The van der Waals surface area contributed by atoms with Gasteiger partial charge in [0.1, 0.15) is 23.9 Å². The Morgan fingerprint density at radius 3 is 2.03 bits per heavy atom. The quantitative estimate of drug-likeness (QED) is 0.166. The third kappa shape index (κ3) is 10.3. The smallest absolute Gasteiger partial charge is 0.326 e. The van der Waals surface area contributed by atoms with Crippen LogP contribution < -0.4 is 27.4 Å². The molecule has 0 heterocycles. The van der Waals surface area contributed by atoms with Gasteiger partial charge in [-0.05, 0) is 56.3 Å². The van der Waals surface area contributed by atoms with Gasteiger partial charge < -0.3 is 37.6 Å². The number of benzene rings is 1. The number of carboxylic acid groups (broad SMARTS) is 1. The van der Waals surface area contributed by atoms with Crippen LogP contribution in [0.5, 0.6) is 5.75 Å². The number of nitrogens with one attached hydrogen (secondary N) is 3. The van der Waals surface area contributed by atoms with E-state index in [1.165, 1.54) is 19.1 Å². The van der Waals surface area contributed by atoms with E-state index < -0.39 is 47.9 Å². The van der Waals surface area contributed by atoms with Crippen molar-refractivity contribution in [3.05, 3.63) is 29.8 Å². The minimum atomic E-state index is -1.17. The molecule has 0 aliphatic carbocycles. The first-order valence-electron chi connectivity index (χ1n) is 11.9. The fraction of sp³-hybridized carbons (Fsp3) is 0.583. The number of hydrogen-bond acceptors (Lipinski definition) is 7. The van der Waals surface area contributed by atoms with E-state index in [1.807, 2.05) is 6.92 Å². The summed E-state index contributed by atoms with van der Waals surface area (Å²) in [5.41, 5.74) is 11.8. The van der Waals surface area contributed by atoms with Crippen LogP contribution in [0.2, 0.25) is 0 Å². The molecular formula is C24H39N5O6. The minimum absolute atomic E-state index is 0.0577. The zero-order chi connectivity index (χ0) is 26.5. The van der Waals surface area contributed by atoms with Crippen molar-refractivity contribution in [1.82, 2.24) is 16.0 Å². The lowest BCUT2D eigenvalue weighted by molar-refractivity contribution is -0.143. The molecule has 0 bridgehead atoms. The van der Waals surface area contributed by atoms with Crippen LogP contribution in [-0.4, -0.2) is 64.6 Å². The molecule has 3 amide bonds. The van der Waals surface area contributed by atoms with Crippen LogP contribution in [0.1, 0.15) is 52.0 Å². The van der Waals surface area contributed by atoms with Crippen LogP contribution in [0.25, 0.3) is 0 Å². The third-order valence-corrected chi connectivity index (χ3v) is 5.78. The Morgan fingerprint density at radius 1 is 0.914 bits per heavy atom. The van der Waals surface area contributed by atoms with Crippen molar-refractivity contribution < 1.29 is 29.4 Å². The van der Waals surface area contributed by atoms with Crippen LogP contribution in [0.15, 0.2) is 24.3 Å². The van der Waals surface area contributed by atoms with Crippen molar-refractivity contribution in [3.63, 3.8) is 0 Å². The summed E-state index contributed by atoms with van der Waals surface area (Å²) in [4.78, 5) is 50.1. The molecule has 0 saturated carbocycles. The Bertz CT molecular complexity index is 845. The molecule has 0 aliphatic rings. The Hall–Kier alpha value is -3.18. The van der Waals surface area contributed by atoms with Crippen LogP contribution in [0, 0.1) is 5.92 Å². The highest BCUT2D eigenvalue weighted by Crippen LogP contribution is 2.13. The molecule has 0 aliphatic heterocycles. The summed E-state index contributed by atoms with van der Waals surface area (Å²) in [6.07, 6.45) is 2.01. The molecule has 0 radical (unpaired) electrons. The molecule has 5 unspecified atom stereocenters. The van der Waals surface area contributed by atoms with E-state index in [1.54, 1.807) is 19.1 Å². The van der Waals surface area contributed by atoms with Crippen LogP contribution in [0.4, 0.5) is 0 Å². The van der Waals surface area contributed by atoms with Gasteiger partial charge in [0.25, 0.3) is 0 Å². The first kappa shape index (κ1) is 29.9. The molecule has 196 valence electrons. The maximum Gasteiger partial charge on any atom is 0.326 e. The Balaban J connectivity index is 3.07. The molecule has 1 rings (SSSR count). The summed E-state index contributed by atoms with van der Waals surface area (Å²) < 4.78 is 0. The number of phenolic OH excluding ortho intramolecular Hbond substituents is 1. The molecule has 11 heteroatoms. The predicted octanol–water partition coefficient (Wildman–Crippen LogP) is -0.00400. The normalized spacial score (nSPS) is 15.2. The summed E-state index contributed by atoms with van der Waals surface area (Å²) in [6, 6.07) is 2.13. The van der Waals surface area contributed by atoms with Gasteiger partial charge in [-0.15, -0.1) is 0 Å². The van der Waals surface area contributed by atoms with Gasteiger partial charge in [0.05, 0.1) is 6.04 Å². The molecule has 0 saturated heterocycles. The predicted molar refractivity (Wildman–Crippen MR) is 131 cm³/mol. The second-order valence-electron chi connectivity index (χ2n) is 8.78. The second kappa shape index (κ2) is 14.9. The summed E-state index contributed by atoms with van der Waals surface area (Å²) in [5.74, 6) is -3.19. The number of aliphatic carboxylic acids is 1. The van der Waals surface area contributed by atoms with Crippen LogP contribution in [-0.2, 0) is 25.6 Å². The molecule has 0 spiro atoms. The number of carboxylic acids is 1. The standard InChI is InChI=1S/C24H39N5O6/c1-4-14(2)20(23(33)27-18(24(34)35)7-5-6-12-25)29-22(32)19(28-21(31)15(3)26)13-16-8-10-17(30)11-9-16/h8-11,14-15,18-20,30H,4-7,12-13,25-26H2,1-3H3,(H,27,33)(H,28,31)(H,29,32)(H,34,35). The monoisotopic (exact) mass is 493 g/mol. The lowest BCUT2D eigenvalue weighted by atomic mass is 9.96. The highest BCUT2D eigenvalue weighted by molar-refractivity contribution is 5.94. The SMILES string of the molecule is CCC(C)C(NC(=O)C(Cc1ccc(O)cc1)NC(=O)C(C)N)C(=O)NC(CCCCN)C(=O)O. The number of nitrogens with two attached hydrogens (primary N) is 2. The lowest BCUT2D eigenvalue weighted by Crippen LogP contribution is -2.59. The molecule has 5 atom stereocenters. The molecule has 1 aromatic rings. The van der Waals surface area contributed by atoms with E-state index in [4.69, 9.17) is 11.5 Å². The number of amides is 3. The minimum Gasteiger partial charge on any atom is -0.508 e. The van der Waals surface area contributed by atoms with Crippen molar-refractivity contribution in [2.75, 3.05) is 6.54 Å². The number of unbranched alkanes of at least 4 members (excludes halogenated alkanes) is 1. The highest BCUT2D eigenvalue weighted by Gasteiger charge is 2.32. The van der Waals surface area contributed by atoms with Crippen LogP contribution >= 0.6 is 0 Å². The average molecular weight is 494 g/mol. The fourth-order valence-corrected chi connectivity index (χ4v) is 3.35. The lowest BCUT2D eigenvalue weighted by Gasteiger charge is -2.28. The summed E-state index contributed by atoms with van der Waals surface area (Å²) in [5, 5.41) is 26.8. The molecule has 11 nitrogen and oxygen atoms in total. The molecule has 9 N–H and O–H groups in total. The summed E-state index contributed by atoms with van der Waals surface area (Å²) in [6.45, 7) is 5.52. The van der Waals surface area contributed by atoms with E-state index in [-0.39, 0.29) is 24.5 Å². The van der Waals surface area contributed by atoms with Gasteiger partial charge in [0, 0.05) is 6.42 Å². The number of carbonyl (C=O) groups excluding carboxylic acids is 3.